The predicted molar refractivity (Wildman–Crippen MR) is 115 cm³/mol. The highest BCUT2D eigenvalue weighted by Crippen LogP contribution is 2.36. The molecule has 0 radical (unpaired) electrons. The van der Waals surface area contributed by atoms with Crippen molar-refractivity contribution in [3.8, 4) is 5.75 Å². The molecule has 0 heterocycles. The maximum Gasteiger partial charge on any atom is 0.338 e. The Labute approximate surface area is 180 Å². The number of benzene rings is 2. The Morgan fingerprint density at radius 1 is 1.21 bits per heavy atom. The fraction of sp³-hybridized carbons (Fsp3) is 0.381. The average Bonchev–Trinajstić information content (AvgIpc) is 2.57. The number of carbonyl (C=O) groups is 1. The van der Waals surface area contributed by atoms with Crippen LogP contribution in [0.3, 0.4) is 0 Å². The van der Waals surface area contributed by atoms with E-state index in [9.17, 15) is 9.18 Å². The van der Waals surface area contributed by atoms with Crippen LogP contribution in [0.4, 0.5) is 10.1 Å². The number of aliphatic carboxylic acids is 1. The van der Waals surface area contributed by atoms with Crippen molar-refractivity contribution < 1.29 is 19.0 Å². The number of halogens is 3. The molecular weight excluding hydrogens is 493 g/mol. The second-order valence-corrected chi connectivity index (χ2v) is 8.88. The first-order valence-corrected chi connectivity index (χ1v) is 10.7. The number of alkyl halides is 1. The smallest absolute Gasteiger partial charge is 0.338 e. The molecule has 1 aliphatic carbocycles. The zero-order valence-electron chi connectivity index (χ0n) is 15.5. The van der Waals surface area contributed by atoms with Crippen LogP contribution in [0.5, 0.6) is 5.75 Å². The van der Waals surface area contributed by atoms with Crippen LogP contribution in [0.15, 0.2) is 39.3 Å². The van der Waals surface area contributed by atoms with E-state index in [1.165, 1.54) is 24.8 Å². The van der Waals surface area contributed by atoms with E-state index in [2.05, 4.69) is 62.3 Å². The maximum atomic E-state index is 13.5. The van der Waals surface area contributed by atoms with Crippen LogP contribution in [0.1, 0.15) is 36.0 Å². The molecule has 1 aliphatic rings. The van der Waals surface area contributed by atoms with Gasteiger partial charge < -0.3 is 15.2 Å². The topological polar surface area (TPSA) is 58.6 Å². The number of hydrogen-bond donors (Lipinski definition) is 2. The van der Waals surface area contributed by atoms with Gasteiger partial charge >= 0.3 is 5.97 Å². The molecule has 3 rings (SSSR count). The first kappa shape index (κ1) is 21.1. The first-order valence-electron chi connectivity index (χ1n) is 9.16. The number of hydrogen-bond acceptors (Lipinski definition) is 3. The molecule has 0 saturated heterocycles. The summed E-state index contributed by atoms with van der Waals surface area (Å²) in [5, 5.41) is 12.3. The minimum Gasteiger partial charge on any atom is -0.487 e. The van der Waals surface area contributed by atoms with Gasteiger partial charge in [0.1, 0.15) is 12.4 Å². The molecule has 2 N–H and O–H groups in total. The Bertz CT molecular complexity index is 848. The lowest BCUT2D eigenvalue weighted by atomic mass is 9.93. The van der Waals surface area contributed by atoms with E-state index in [4.69, 9.17) is 9.84 Å². The molecular formula is C21H22Br2FNO3. The third-order valence-electron chi connectivity index (χ3n) is 4.74. The molecule has 1 saturated carbocycles. The number of ether oxygens (including phenoxy) is 1. The monoisotopic (exact) mass is 513 g/mol. The van der Waals surface area contributed by atoms with Crippen LogP contribution < -0.4 is 10.1 Å². The Kier molecular flexibility index (Phi) is 6.99. The molecule has 150 valence electrons. The van der Waals surface area contributed by atoms with Crippen molar-refractivity contribution in [1.29, 1.82) is 0 Å². The lowest BCUT2D eigenvalue weighted by Crippen LogP contribution is -2.27. The fourth-order valence-corrected chi connectivity index (χ4v) is 4.65. The predicted octanol–water partition coefficient (Wildman–Crippen LogP) is 6.03. The van der Waals surface area contributed by atoms with Gasteiger partial charge in [-0.1, -0.05) is 6.07 Å². The van der Waals surface area contributed by atoms with E-state index in [1.807, 2.05) is 0 Å². The highest BCUT2D eigenvalue weighted by Gasteiger charge is 2.19. The standard InChI is InChI=1S/C21H22Br2FNO3/c1-12-5-14(7-16(6-12)25-15-3-2-4-15)11-28-20-17(22)8-13(9-18(20)23)10-19(24)21(26)27/h5-9,15,19,25H,2-4,10-11H2,1H3,(H,26,27). The summed E-state index contributed by atoms with van der Waals surface area (Å²) in [5.74, 6) is -0.858. The number of carboxylic acid groups (broad SMARTS) is 1. The molecule has 2 aromatic carbocycles. The van der Waals surface area contributed by atoms with Crippen LogP contribution in [0.25, 0.3) is 0 Å². The van der Waals surface area contributed by atoms with Crippen molar-refractivity contribution in [2.75, 3.05) is 5.32 Å². The van der Waals surface area contributed by atoms with Gasteiger partial charge in [0, 0.05) is 18.2 Å². The molecule has 2 aromatic rings. The highest BCUT2D eigenvalue weighted by molar-refractivity contribution is 9.11. The molecule has 1 unspecified atom stereocenters. The molecule has 1 atom stereocenters. The molecule has 0 amide bonds. The number of anilines is 1. The van der Waals surface area contributed by atoms with Gasteiger partial charge in [-0.05, 0) is 99.0 Å². The summed E-state index contributed by atoms with van der Waals surface area (Å²) in [4.78, 5) is 10.7. The number of carboxylic acids is 1. The summed E-state index contributed by atoms with van der Waals surface area (Å²) in [6, 6.07) is 10.3. The molecule has 4 nitrogen and oxygen atoms in total. The molecule has 0 aromatic heterocycles. The second kappa shape index (κ2) is 9.27. The highest BCUT2D eigenvalue weighted by atomic mass is 79.9. The van der Waals surface area contributed by atoms with Crippen molar-refractivity contribution in [1.82, 2.24) is 0 Å². The van der Waals surface area contributed by atoms with Crippen LogP contribution in [-0.4, -0.2) is 23.3 Å². The van der Waals surface area contributed by atoms with E-state index in [1.54, 1.807) is 12.1 Å². The normalized spacial score (nSPS) is 15.0. The molecule has 0 aliphatic heterocycles. The molecule has 1 fully saturated rings. The molecule has 0 bridgehead atoms. The summed E-state index contributed by atoms with van der Waals surface area (Å²) in [6.45, 7) is 2.45. The van der Waals surface area contributed by atoms with E-state index in [0.29, 0.717) is 32.9 Å². The van der Waals surface area contributed by atoms with Crippen molar-refractivity contribution >= 4 is 43.5 Å². The van der Waals surface area contributed by atoms with Gasteiger partial charge in [-0.2, -0.15) is 0 Å². The van der Waals surface area contributed by atoms with E-state index >= 15 is 0 Å². The van der Waals surface area contributed by atoms with Crippen molar-refractivity contribution in [2.45, 2.75) is 51.4 Å². The number of nitrogens with one attached hydrogen (secondary N) is 1. The van der Waals surface area contributed by atoms with Gasteiger partial charge in [0.05, 0.1) is 8.95 Å². The quantitative estimate of drug-likeness (QED) is 0.451. The van der Waals surface area contributed by atoms with Gasteiger partial charge in [0.25, 0.3) is 0 Å². The van der Waals surface area contributed by atoms with Crippen LogP contribution >= 0.6 is 31.9 Å². The van der Waals surface area contributed by atoms with Crippen LogP contribution in [0.2, 0.25) is 0 Å². The van der Waals surface area contributed by atoms with Crippen molar-refractivity contribution in [3.05, 3.63) is 56.0 Å². The van der Waals surface area contributed by atoms with Gasteiger partial charge in [-0.25, -0.2) is 9.18 Å². The maximum absolute atomic E-state index is 13.5. The molecule has 7 heteroatoms. The average molecular weight is 515 g/mol. The zero-order chi connectivity index (χ0) is 20.3. The summed E-state index contributed by atoms with van der Waals surface area (Å²) in [7, 11) is 0. The lowest BCUT2D eigenvalue weighted by molar-refractivity contribution is -0.142. The minimum absolute atomic E-state index is 0.194. The Morgan fingerprint density at radius 2 is 1.89 bits per heavy atom. The third kappa shape index (κ3) is 5.47. The van der Waals surface area contributed by atoms with E-state index in [0.717, 1.165) is 11.3 Å². The Balaban J connectivity index is 1.69. The number of aryl methyl sites for hydroxylation is 1. The van der Waals surface area contributed by atoms with Crippen molar-refractivity contribution in [2.24, 2.45) is 0 Å². The Hall–Kier alpha value is -1.60. The number of rotatable bonds is 8. The third-order valence-corrected chi connectivity index (χ3v) is 5.92. The summed E-state index contributed by atoms with van der Waals surface area (Å²) in [6.07, 6.45) is 1.59. The van der Waals surface area contributed by atoms with Gasteiger partial charge in [-0.15, -0.1) is 0 Å². The molecule has 28 heavy (non-hydrogen) atoms. The summed E-state index contributed by atoms with van der Waals surface area (Å²) >= 11 is 6.88. The zero-order valence-corrected chi connectivity index (χ0v) is 18.6. The largest absolute Gasteiger partial charge is 0.487 e. The molecule has 0 spiro atoms. The van der Waals surface area contributed by atoms with Gasteiger partial charge in [0.2, 0.25) is 6.17 Å². The van der Waals surface area contributed by atoms with Gasteiger partial charge in [0.15, 0.2) is 0 Å². The fourth-order valence-electron chi connectivity index (χ4n) is 3.14. The van der Waals surface area contributed by atoms with Crippen LogP contribution in [0, 0.1) is 6.92 Å². The first-order chi connectivity index (χ1) is 13.3. The van der Waals surface area contributed by atoms with Crippen LogP contribution in [-0.2, 0) is 17.8 Å². The van der Waals surface area contributed by atoms with Crippen molar-refractivity contribution in [3.63, 3.8) is 0 Å². The summed E-state index contributed by atoms with van der Waals surface area (Å²) in [5.41, 5.74) is 3.90. The minimum atomic E-state index is -1.93. The summed E-state index contributed by atoms with van der Waals surface area (Å²) < 4.78 is 20.8. The SMILES string of the molecule is Cc1cc(COc2c(Br)cc(CC(F)C(=O)O)cc2Br)cc(NC2CCC2)c1. The second-order valence-electron chi connectivity index (χ2n) is 7.17. The Morgan fingerprint density at radius 3 is 2.46 bits per heavy atom. The van der Waals surface area contributed by atoms with E-state index < -0.39 is 12.1 Å². The van der Waals surface area contributed by atoms with Gasteiger partial charge in [-0.3, -0.25) is 0 Å². The van der Waals surface area contributed by atoms with E-state index in [-0.39, 0.29) is 6.42 Å². The lowest BCUT2D eigenvalue weighted by Gasteiger charge is -2.28.